The summed E-state index contributed by atoms with van der Waals surface area (Å²) in [5.41, 5.74) is 12.0. The van der Waals surface area contributed by atoms with E-state index in [-0.39, 0.29) is 0 Å². The van der Waals surface area contributed by atoms with Crippen molar-refractivity contribution in [3.63, 3.8) is 0 Å². The number of fused-ring (bicyclic) bond motifs is 11. The van der Waals surface area contributed by atoms with Crippen molar-refractivity contribution in [2.75, 3.05) is 0 Å². The van der Waals surface area contributed by atoms with Gasteiger partial charge in [-0.05, 0) is 64.4 Å². The molecular formula is C55H33N5. The van der Waals surface area contributed by atoms with Crippen LogP contribution < -0.4 is 0 Å². The molecule has 60 heavy (non-hydrogen) atoms. The van der Waals surface area contributed by atoms with Gasteiger partial charge in [0, 0.05) is 54.7 Å². The lowest BCUT2D eigenvalue weighted by atomic mass is 10.0. The van der Waals surface area contributed by atoms with E-state index in [2.05, 4.69) is 173 Å². The molecule has 4 heterocycles. The summed E-state index contributed by atoms with van der Waals surface area (Å²) in [6, 6.07) is 71.5. The molecule has 5 nitrogen and oxygen atoms in total. The molecule has 0 aliphatic rings. The standard InChI is InChI=1S/C55H33N5/c1-4-15-34(16-5-1)38-29-39(55-57-53(36-18-6-2-7-19-36)56-54(58-55)37-20-8-3-9-21-37)31-40(30-38)59-48-28-27-35-17-10-11-22-41(35)51(48)46-32-45-44-25-14-24-43-42-23-12-13-26-47(42)60(52(43)44)49(45)33-50(46)59/h1-33H. The quantitative estimate of drug-likeness (QED) is 0.175. The second kappa shape index (κ2) is 12.7. The van der Waals surface area contributed by atoms with Crippen LogP contribution in [-0.4, -0.2) is 23.9 Å². The van der Waals surface area contributed by atoms with Crippen molar-refractivity contribution in [1.29, 1.82) is 0 Å². The van der Waals surface area contributed by atoms with Gasteiger partial charge in [-0.3, -0.25) is 0 Å². The van der Waals surface area contributed by atoms with Crippen LogP contribution in [-0.2, 0) is 0 Å². The van der Waals surface area contributed by atoms with E-state index in [1.165, 1.54) is 59.6 Å². The molecule has 9 aromatic carbocycles. The molecule has 0 aliphatic heterocycles. The van der Waals surface area contributed by atoms with Crippen molar-refractivity contribution >= 4 is 70.7 Å². The average Bonchev–Trinajstić information content (AvgIpc) is 3.96. The van der Waals surface area contributed by atoms with Crippen molar-refractivity contribution in [3.05, 3.63) is 200 Å². The highest BCUT2D eigenvalue weighted by molar-refractivity contribution is 6.28. The maximum absolute atomic E-state index is 5.20. The summed E-state index contributed by atoms with van der Waals surface area (Å²) in [6.45, 7) is 0. The van der Waals surface area contributed by atoms with Gasteiger partial charge in [-0.25, -0.2) is 15.0 Å². The minimum Gasteiger partial charge on any atom is -0.309 e. The Labute approximate surface area is 344 Å². The number of hydrogen-bond donors (Lipinski definition) is 0. The Bertz CT molecular complexity index is 3750. The number of hydrogen-bond acceptors (Lipinski definition) is 3. The van der Waals surface area contributed by atoms with Gasteiger partial charge in [0.05, 0.1) is 27.6 Å². The normalized spacial score (nSPS) is 12.0. The van der Waals surface area contributed by atoms with Crippen molar-refractivity contribution in [1.82, 2.24) is 23.9 Å². The van der Waals surface area contributed by atoms with Crippen LogP contribution in [0.1, 0.15) is 0 Å². The van der Waals surface area contributed by atoms with E-state index in [0.717, 1.165) is 44.5 Å². The fourth-order valence-electron chi connectivity index (χ4n) is 9.59. The molecule has 0 saturated heterocycles. The fraction of sp³-hybridized carbons (Fsp3) is 0. The van der Waals surface area contributed by atoms with E-state index in [4.69, 9.17) is 15.0 Å². The second-order valence-corrected chi connectivity index (χ2v) is 15.6. The molecular weight excluding hydrogens is 731 g/mol. The lowest BCUT2D eigenvalue weighted by Crippen LogP contribution is -2.02. The molecule has 4 aromatic heterocycles. The van der Waals surface area contributed by atoms with Crippen molar-refractivity contribution in [2.24, 2.45) is 0 Å². The smallest absolute Gasteiger partial charge is 0.164 e. The number of nitrogens with zero attached hydrogens (tertiary/aromatic N) is 5. The van der Waals surface area contributed by atoms with E-state index in [1.807, 2.05) is 36.4 Å². The molecule has 0 N–H and O–H groups in total. The van der Waals surface area contributed by atoms with Gasteiger partial charge in [0.2, 0.25) is 0 Å². The first-order valence-electron chi connectivity index (χ1n) is 20.4. The Balaban J connectivity index is 1.16. The predicted octanol–water partition coefficient (Wildman–Crippen LogP) is 13.9. The van der Waals surface area contributed by atoms with Crippen LogP contribution in [0.2, 0.25) is 0 Å². The van der Waals surface area contributed by atoms with Gasteiger partial charge in [-0.1, -0.05) is 158 Å². The fourth-order valence-corrected chi connectivity index (χ4v) is 9.59. The van der Waals surface area contributed by atoms with Crippen LogP contribution in [0, 0.1) is 0 Å². The second-order valence-electron chi connectivity index (χ2n) is 15.6. The molecule has 278 valence electrons. The van der Waals surface area contributed by atoms with Gasteiger partial charge in [0.15, 0.2) is 17.5 Å². The lowest BCUT2D eigenvalue weighted by Gasteiger charge is -2.15. The highest BCUT2D eigenvalue weighted by Crippen LogP contribution is 2.45. The molecule has 0 saturated carbocycles. The zero-order valence-corrected chi connectivity index (χ0v) is 32.3. The Kier molecular flexibility index (Phi) is 6.95. The summed E-state index contributed by atoms with van der Waals surface area (Å²) >= 11 is 0. The van der Waals surface area contributed by atoms with E-state index >= 15 is 0 Å². The Hall–Kier alpha value is -8.15. The molecule has 5 heteroatoms. The summed E-state index contributed by atoms with van der Waals surface area (Å²) in [5, 5.41) is 9.99. The van der Waals surface area contributed by atoms with Crippen LogP contribution in [0.15, 0.2) is 200 Å². The third-order valence-electron chi connectivity index (χ3n) is 12.2. The molecule has 13 rings (SSSR count). The molecule has 0 bridgehead atoms. The van der Waals surface area contributed by atoms with Gasteiger partial charge in [-0.2, -0.15) is 0 Å². The molecule has 0 spiro atoms. The van der Waals surface area contributed by atoms with Crippen LogP contribution in [0.4, 0.5) is 0 Å². The van der Waals surface area contributed by atoms with Gasteiger partial charge in [0.1, 0.15) is 0 Å². The van der Waals surface area contributed by atoms with Gasteiger partial charge in [0.25, 0.3) is 0 Å². The van der Waals surface area contributed by atoms with Crippen LogP contribution in [0.25, 0.3) is 122 Å². The SMILES string of the molecule is c1ccc(-c2cc(-c3nc(-c4ccccc4)nc(-c4ccccc4)n3)cc(-n3c4cc5c(cc4c4c6ccccc6ccc43)c3cccc4c6ccccc6n5c43)c2)cc1. The molecule has 0 radical (unpaired) electrons. The number of rotatable bonds is 5. The zero-order chi connectivity index (χ0) is 39.3. The van der Waals surface area contributed by atoms with Crippen molar-refractivity contribution in [2.45, 2.75) is 0 Å². The monoisotopic (exact) mass is 763 g/mol. The van der Waals surface area contributed by atoms with Gasteiger partial charge in [-0.15, -0.1) is 0 Å². The highest BCUT2D eigenvalue weighted by atomic mass is 15.0. The topological polar surface area (TPSA) is 48.0 Å². The van der Waals surface area contributed by atoms with Crippen molar-refractivity contribution < 1.29 is 0 Å². The van der Waals surface area contributed by atoms with E-state index in [9.17, 15) is 0 Å². The Morgan fingerprint density at radius 1 is 0.300 bits per heavy atom. The minimum atomic E-state index is 0.616. The van der Waals surface area contributed by atoms with E-state index < -0.39 is 0 Å². The molecule has 0 aliphatic carbocycles. The number of benzene rings is 9. The Morgan fingerprint density at radius 2 is 0.867 bits per heavy atom. The number of para-hydroxylation sites is 2. The third-order valence-corrected chi connectivity index (χ3v) is 12.2. The van der Waals surface area contributed by atoms with Crippen molar-refractivity contribution in [3.8, 4) is 51.0 Å². The number of aromatic nitrogens is 5. The molecule has 13 aromatic rings. The summed E-state index contributed by atoms with van der Waals surface area (Å²) in [6.07, 6.45) is 0. The largest absolute Gasteiger partial charge is 0.309 e. The third kappa shape index (κ3) is 4.84. The van der Waals surface area contributed by atoms with Crippen LogP contribution >= 0.6 is 0 Å². The van der Waals surface area contributed by atoms with E-state index in [0.29, 0.717) is 17.5 Å². The van der Waals surface area contributed by atoms with E-state index in [1.54, 1.807) is 0 Å². The molecule has 0 unspecified atom stereocenters. The Morgan fingerprint density at radius 3 is 1.58 bits per heavy atom. The summed E-state index contributed by atoms with van der Waals surface area (Å²) in [7, 11) is 0. The zero-order valence-electron chi connectivity index (χ0n) is 32.3. The molecule has 0 amide bonds. The first kappa shape index (κ1) is 32.9. The average molecular weight is 764 g/mol. The summed E-state index contributed by atoms with van der Waals surface area (Å²) < 4.78 is 4.93. The molecule has 0 fully saturated rings. The predicted molar refractivity (Wildman–Crippen MR) is 248 cm³/mol. The van der Waals surface area contributed by atoms with Gasteiger partial charge < -0.3 is 8.97 Å². The maximum Gasteiger partial charge on any atom is 0.164 e. The van der Waals surface area contributed by atoms with Gasteiger partial charge >= 0.3 is 0 Å². The maximum atomic E-state index is 5.20. The van der Waals surface area contributed by atoms with Crippen LogP contribution in [0.5, 0.6) is 0 Å². The first-order valence-corrected chi connectivity index (χ1v) is 20.4. The summed E-state index contributed by atoms with van der Waals surface area (Å²) in [4.78, 5) is 15.4. The first-order chi connectivity index (χ1) is 29.7. The highest BCUT2D eigenvalue weighted by Gasteiger charge is 2.23. The summed E-state index contributed by atoms with van der Waals surface area (Å²) in [5.74, 6) is 1.88. The lowest BCUT2D eigenvalue weighted by molar-refractivity contribution is 1.07. The van der Waals surface area contributed by atoms with Crippen LogP contribution in [0.3, 0.4) is 0 Å². The minimum absolute atomic E-state index is 0.616. The molecule has 0 atom stereocenters.